The van der Waals surface area contributed by atoms with Crippen LogP contribution in [0.3, 0.4) is 0 Å². The molecule has 0 spiro atoms. The Morgan fingerprint density at radius 1 is 1.56 bits per heavy atom. The van der Waals surface area contributed by atoms with E-state index < -0.39 is 16.6 Å². The predicted molar refractivity (Wildman–Crippen MR) is 55.0 cm³/mol. The molecule has 0 aromatic heterocycles. The number of aliphatic carboxylic acids is 1. The highest BCUT2D eigenvalue weighted by Crippen LogP contribution is 2.19. The van der Waals surface area contributed by atoms with Gasteiger partial charge in [-0.15, -0.1) is 0 Å². The first-order chi connectivity index (χ1) is 7.33. The summed E-state index contributed by atoms with van der Waals surface area (Å²) in [5, 5.41) is 30.7. The van der Waals surface area contributed by atoms with Gasteiger partial charge in [-0.1, -0.05) is 6.07 Å². The van der Waals surface area contributed by atoms with Gasteiger partial charge in [0.15, 0.2) is 0 Å². The lowest BCUT2D eigenvalue weighted by Gasteiger charge is -2.20. The lowest BCUT2D eigenvalue weighted by molar-refractivity contribution is -0.384. The number of hydrogen-bond acceptors (Lipinski definition) is 5. The molecule has 1 unspecified atom stereocenters. The molecule has 0 amide bonds. The minimum absolute atomic E-state index is 0.154. The molecule has 0 heterocycles. The van der Waals surface area contributed by atoms with Gasteiger partial charge in [-0.3, -0.25) is 10.1 Å². The second-order valence-electron chi connectivity index (χ2n) is 3.31. The number of nitrogens with zero attached hydrogens (tertiary/aromatic N) is 1. The highest BCUT2D eigenvalue weighted by Gasteiger charge is 2.29. The number of rotatable bonds is 4. The molecule has 1 atom stereocenters. The maximum Gasteiger partial charge on any atom is 0.356 e. The minimum atomic E-state index is -2.17. The fourth-order valence-corrected chi connectivity index (χ4v) is 1.03. The number of hydrogen-bond donors (Lipinski definition) is 3. The number of carboxylic acid groups (broad SMARTS) is 1. The molecule has 3 N–H and O–H groups in total. The van der Waals surface area contributed by atoms with Gasteiger partial charge in [0.05, 0.1) is 4.92 Å². The van der Waals surface area contributed by atoms with Crippen LogP contribution in [0.2, 0.25) is 0 Å². The molecule has 0 aliphatic rings. The van der Waals surface area contributed by atoms with Gasteiger partial charge in [-0.2, -0.15) is 0 Å². The Morgan fingerprint density at radius 3 is 2.69 bits per heavy atom. The average Bonchev–Trinajstić information content (AvgIpc) is 2.17. The molecule has 16 heavy (non-hydrogen) atoms. The molecule has 7 nitrogen and oxygen atoms in total. The molecule has 0 aliphatic heterocycles. The predicted octanol–water partition coefficient (Wildman–Crippen LogP) is 0.800. The lowest BCUT2D eigenvalue weighted by Crippen LogP contribution is -2.43. The van der Waals surface area contributed by atoms with E-state index in [9.17, 15) is 20.0 Å². The molecule has 7 heteroatoms. The lowest BCUT2D eigenvalue weighted by atomic mass is 10.2. The van der Waals surface area contributed by atoms with Crippen molar-refractivity contribution in [2.24, 2.45) is 0 Å². The Kier molecular flexibility index (Phi) is 3.09. The number of aliphatic hydroxyl groups is 1. The van der Waals surface area contributed by atoms with Crippen LogP contribution in [-0.2, 0) is 4.79 Å². The van der Waals surface area contributed by atoms with Gasteiger partial charge in [0, 0.05) is 17.8 Å². The molecule has 0 saturated carbocycles. The molecule has 0 aliphatic carbocycles. The summed E-state index contributed by atoms with van der Waals surface area (Å²) in [6.07, 6.45) is 0. The van der Waals surface area contributed by atoms with Crippen molar-refractivity contribution in [3.63, 3.8) is 0 Å². The summed E-state index contributed by atoms with van der Waals surface area (Å²) < 4.78 is 0. The first-order valence-electron chi connectivity index (χ1n) is 4.31. The van der Waals surface area contributed by atoms with Crippen LogP contribution < -0.4 is 5.32 Å². The number of nitro benzene ring substituents is 1. The first-order valence-corrected chi connectivity index (χ1v) is 4.31. The van der Waals surface area contributed by atoms with Crippen molar-refractivity contribution in [3.05, 3.63) is 34.4 Å². The van der Waals surface area contributed by atoms with E-state index >= 15 is 0 Å². The minimum Gasteiger partial charge on any atom is -0.478 e. The quantitative estimate of drug-likeness (QED) is 0.397. The van der Waals surface area contributed by atoms with Gasteiger partial charge in [0.25, 0.3) is 5.69 Å². The van der Waals surface area contributed by atoms with Gasteiger partial charge in [-0.05, 0) is 13.0 Å². The second kappa shape index (κ2) is 4.15. The molecule has 1 rings (SSSR count). The topological polar surface area (TPSA) is 113 Å². The molecule has 0 saturated heterocycles. The van der Waals surface area contributed by atoms with Crippen LogP contribution >= 0.6 is 0 Å². The Hall–Kier alpha value is -2.15. The van der Waals surface area contributed by atoms with Crippen molar-refractivity contribution in [2.75, 3.05) is 5.32 Å². The third kappa shape index (κ3) is 2.67. The Balaban J connectivity index is 2.94. The van der Waals surface area contributed by atoms with Gasteiger partial charge in [0.1, 0.15) is 0 Å². The molecular weight excluding hydrogens is 216 g/mol. The molecule has 1 aromatic rings. The first kappa shape index (κ1) is 11.9. The van der Waals surface area contributed by atoms with Crippen molar-refractivity contribution >= 4 is 17.3 Å². The van der Waals surface area contributed by atoms with Crippen LogP contribution in [0.1, 0.15) is 6.92 Å². The van der Waals surface area contributed by atoms with Crippen LogP contribution in [0.15, 0.2) is 24.3 Å². The average molecular weight is 226 g/mol. The summed E-state index contributed by atoms with van der Waals surface area (Å²) >= 11 is 0. The molecule has 0 bridgehead atoms. The van der Waals surface area contributed by atoms with Crippen molar-refractivity contribution < 1.29 is 19.9 Å². The Bertz CT molecular complexity index is 430. The summed E-state index contributed by atoms with van der Waals surface area (Å²) in [5.74, 6) is -1.47. The van der Waals surface area contributed by atoms with Crippen molar-refractivity contribution in [2.45, 2.75) is 12.6 Å². The van der Waals surface area contributed by atoms with Crippen LogP contribution in [0.5, 0.6) is 0 Å². The molecule has 0 fully saturated rings. The van der Waals surface area contributed by atoms with E-state index in [-0.39, 0.29) is 11.4 Å². The Labute approximate surface area is 90.5 Å². The van der Waals surface area contributed by atoms with Gasteiger partial charge in [0.2, 0.25) is 5.72 Å². The normalized spacial score (nSPS) is 13.9. The zero-order valence-electron chi connectivity index (χ0n) is 8.38. The maximum absolute atomic E-state index is 10.6. The van der Waals surface area contributed by atoms with E-state index in [1.807, 2.05) is 0 Å². The van der Waals surface area contributed by atoms with Crippen LogP contribution in [0.25, 0.3) is 0 Å². The number of anilines is 1. The number of non-ortho nitro benzene ring substituents is 1. The van der Waals surface area contributed by atoms with Gasteiger partial charge in [-0.25, -0.2) is 4.79 Å². The van der Waals surface area contributed by atoms with E-state index in [4.69, 9.17) is 5.11 Å². The second-order valence-corrected chi connectivity index (χ2v) is 3.31. The smallest absolute Gasteiger partial charge is 0.356 e. The molecule has 1 aromatic carbocycles. The molecular formula is C9H10N2O5. The monoisotopic (exact) mass is 226 g/mol. The number of nitrogens with one attached hydrogen (secondary N) is 1. The summed E-state index contributed by atoms with van der Waals surface area (Å²) in [5.41, 5.74) is -2.21. The fourth-order valence-electron chi connectivity index (χ4n) is 1.03. The largest absolute Gasteiger partial charge is 0.478 e. The van der Waals surface area contributed by atoms with Gasteiger partial charge < -0.3 is 15.5 Å². The highest BCUT2D eigenvalue weighted by atomic mass is 16.6. The SMILES string of the molecule is CC(O)(Nc1cccc([N+](=O)[O-])c1)C(=O)O. The number of carbonyl (C=O) groups is 1. The third-order valence-electron chi connectivity index (χ3n) is 1.86. The van der Waals surface area contributed by atoms with Crippen molar-refractivity contribution in [1.29, 1.82) is 0 Å². The summed E-state index contributed by atoms with van der Waals surface area (Å²) in [6, 6.07) is 5.21. The van der Waals surface area contributed by atoms with Gasteiger partial charge >= 0.3 is 5.97 Å². The zero-order chi connectivity index (χ0) is 12.3. The van der Waals surface area contributed by atoms with Crippen molar-refractivity contribution in [1.82, 2.24) is 0 Å². The number of nitro groups is 1. The van der Waals surface area contributed by atoms with Crippen LogP contribution in [0, 0.1) is 10.1 Å². The fraction of sp³-hybridized carbons (Fsp3) is 0.222. The van der Waals surface area contributed by atoms with Crippen LogP contribution in [-0.4, -0.2) is 26.8 Å². The summed E-state index contributed by atoms with van der Waals surface area (Å²) in [7, 11) is 0. The number of benzene rings is 1. The standard InChI is InChI=1S/C9H10N2O5/c1-9(14,8(12)13)10-6-3-2-4-7(5-6)11(15)16/h2-5,10,14H,1H3,(H,12,13). The van der Waals surface area contributed by atoms with E-state index in [0.29, 0.717) is 0 Å². The highest BCUT2D eigenvalue weighted by molar-refractivity contribution is 5.80. The van der Waals surface area contributed by atoms with E-state index in [1.165, 1.54) is 18.2 Å². The number of carboxylic acids is 1. The molecule has 86 valence electrons. The van der Waals surface area contributed by atoms with E-state index in [1.54, 1.807) is 0 Å². The maximum atomic E-state index is 10.6. The summed E-state index contributed by atoms with van der Waals surface area (Å²) in [4.78, 5) is 20.4. The van der Waals surface area contributed by atoms with Crippen LogP contribution in [0.4, 0.5) is 11.4 Å². The third-order valence-corrected chi connectivity index (χ3v) is 1.86. The summed E-state index contributed by atoms with van der Waals surface area (Å²) in [6.45, 7) is 1.04. The molecule has 0 radical (unpaired) electrons. The van der Waals surface area contributed by atoms with E-state index in [0.717, 1.165) is 13.0 Å². The Morgan fingerprint density at radius 2 is 2.19 bits per heavy atom. The zero-order valence-corrected chi connectivity index (χ0v) is 8.38. The van der Waals surface area contributed by atoms with Crippen molar-refractivity contribution in [3.8, 4) is 0 Å². The van der Waals surface area contributed by atoms with E-state index in [2.05, 4.69) is 5.32 Å².